The molecule has 19 heavy (non-hydrogen) atoms. The van der Waals surface area contributed by atoms with Gasteiger partial charge in [-0.15, -0.1) is 0 Å². The summed E-state index contributed by atoms with van der Waals surface area (Å²) in [6.07, 6.45) is 12.5. The Hall–Kier alpha value is -0.120. The number of aliphatic hydroxyl groups is 2. The van der Waals surface area contributed by atoms with Crippen LogP contribution < -0.4 is 0 Å². The molecule has 0 aromatic carbocycles. The fraction of sp³-hybridized carbons (Fsp3) is 1.00. The standard InChI is InChI=1S/C16H33NO2/c1-2-3-4-5-6-7-8-9-10-11-12-17-13-15(18)16(19)14-17/h15-16,18-19H,2-14H2,1H3/t15-,16+. The third kappa shape index (κ3) is 7.91. The molecule has 1 heterocycles. The zero-order chi connectivity index (χ0) is 13.9. The van der Waals surface area contributed by atoms with E-state index in [1.54, 1.807) is 0 Å². The smallest absolute Gasteiger partial charge is 0.0938 e. The van der Waals surface area contributed by atoms with Gasteiger partial charge in [0.2, 0.25) is 0 Å². The van der Waals surface area contributed by atoms with E-state index in [-0.39, 0.29) is 0 Å². The number of hydrogen-bond donors (Lipinski definition) is 2. The van der Waals surface area contributed by atoms with Crippen LogP contribution in [0.1, 0.15) is 71.1 Å². The van der Waals surface area contributed by atoms with Crippen LogP contribution >= 0.6 is 0 Å². The summed E-state index contributed by atoms with van der Waals surface area (Å²) in [6.45, 7) is 4.60. The zero-order valence-corrected chi connectivity index (χ0v) is 12.7. The van der Waals surface area contributed by atoms with Gasteiger partial charge in [0.05, 0.1) is 12.2 Å². The quantitative estimate of drug-likeness (QED) is 0.568. The minimum atomic E-state index is -0.525. The van der Waals surface area contributed by atoms with Crippen molar-refractivity contribution >= 4 is 0 Å². The van der Waals surface area contributed by atoms with Gasteiger partial charge in [0.25, 0.3) is 0 Å². The Labute approximate surface area is 119 Å². The van der Waals surface area contributed by atoms with Crippen molar-refractivity contribution in [2.24, 2.45) is 0 Å². The molecule has 1 saturated heterocycles. The van der Waals surface area contributed by atoms with Crippen LogP contribution in [-0.2, 0) is 0 Å². The molecule has 0 aliphatic carbocycles. The van der Waals surface area contributed by atoms with Gasteiger partial charge in [-0.3, -0.25) is 4.90 Å². The number of nitrogens with zero attached hydrogens (tertiary/aromatic N) is 1. The van der Waals surface area contributed by atoms with Crippen LogP contribution in [0.2, 0.25) is 0 Å². The molecule has 1 rings (SSSR count). The Morgan fingerprint density at radius 1 is 0.737 bits per heavy atom. The number of likely N-dealkylation sites (tertiary alicyclic amines) is 1. The SMILES string of the molecule is CCCCCCCCCCCCN1C[C@@H](O)[C@@H](O)C1. The Bertz CT molecular complexity index is 201. The molecule has 1 aliphatic heterocycles. The lowest BCUT2D eigenvalue weighted by atomic mass is 10.1. The average Bonchev–Trinajstić information content (AvgIpc) is 2.71. The first-order valence-corrected chi connectivity index (χ1v) is 8.32. The summed E-state index contributed by atoms with van der Waals surface area (Å²) >= 11 is 0. The molecule has 3 nitrogen and oxygen atoms in total. The summed E-state index contributed by atoms with van der Waals surface area (Å²) in [5.74, 6) is 0. The van der Waals surface area contributed by atoms with E-state index in [1.807, 2.05) is 0 Å². The summed E-state index contributed by atoms with van der Waals surface area (Å²) < 4.78 is 0. The first-order chi connectivity index (χ1) is 9.24. The molecule has 0 aromatic rings. The number of rotatable bonds is 11. The van der Waals surface area contributed by atoms with Crippen molar-refractivity contribution in [2.75, 3.05) is 19.6 Å². The van der Waals surface area contributed by atoms with E-state index in [9.17, 15) is 10.2 Å². The van der Waals surface area contributed by atoms with Gasteiger partial charge in [-0.05, 0) is 13.0 Å². The van der Waals surface area contributed by atoms with E-state index in [0.29, 0.717) is 13.1 Å². The fourth-order valence-electron chi connectivity index (χ4n) is 2.85. The van der Waals surface area contributed by atoms with Crippen LogP contribution in [0.25, 0.3) is 0 Å². The third-order valence-electron chi connectivity index (χ3n) is 4.16. The molecule has 0 unspecified atom stereocenters. The lowest BCUT2D eigenvalue weighted by Crippen LogP contribution is -2.23. The molecule has 2 atom stereocenters. The number of aliphatic hydroxyl groups excluding tert-OH is 2. The number of hydrogen-bond acceptors (Lipinski definition) is 3. The van der Waals surface area contributed by atoms with Gasteiger partial charge in [-0.1, -0.05) is 64.7 Å². The molecule has 1 fully saturated rings. The molecule has 0 spiro atoms. The fourth-order valence-corrected chi connectivity index (χ4v) is 2.85. The van der Waals surface area contributed by atoms with Gasteiger partial charge in [0, 0.05) is 13.1 Å². The van der Waals surface area contributed by atoms with Crippen LogP contribution in [0.3, 0.4) is 0 Å². The normalized spacial score (nSPS) is 24.2. The Balaban J connectivity index is 1.79. The summed E-state index contributed by atoms with van der Waals surface area (Å²) in [5.41, 5.74) is 0. The first-order valence-electron chi connectivity index (χ1n) is 8.32. The lowest BCUT2D eigenvalue weighted by Gasteiger charge is -2.13. The average molecular weight is 271 g/mol. The highest BCUT2D eigenvalue weighted by Crippen LogP contribution is 2.13. The largest absolute Gasteiger partial charge is 0.389 e. The minimum Gasteiger partial charge on any atom is -0.389 e. The van der Waals surface area contributed by atoms with Crippen LogP contribution in [0.4, 0.5) is 0 Å². The molecule has 0 radical (unpaired) electrons. The van der Waals surface area contributed by atoms with E-state index in [2.05, 4.69) is 11.8 Å². The molecule has 0 amide bonds. The first kappa shape index (κ1) is 16.9. The summed E-state index contributed by atoms with van der Waals surface area (Å²) in [5, 5.41) is 18.9. The van der Waals surface area contributed by atoms with Gasteiger partial charge in [0.15, 0.2) is 0 Å². The highest BCUT2D eigenvalue weighted by molar-refractivity contribution is 4.82. The van der Waals surface area contributed by atoms with Crippen molar-refractivity contribution in [3.8, 4) is 0 Å². The Kier molecular flexibility index (Phi) is 9.48. The molecular formula is C16H33NO2. The maximum Gasteiger partial charge on any atom is 0.0938 e. The summed E-state index contributed by atoms with van der Waals surface area (Å²) in [4.78, 5) is 2.18. The van der Waals surface area contributed by atoms with Crippen molar-refractivity contribution in [2.45, 2.75) is 83.3 Å². The molecule has 0 saturated carbocycles. The molecule has 3 heteroatoms. The van der Waals surface area contributed by atoms with Crippen molar-refractivity contribution < 1.29 is 10.2 Å². The molecular weight excluding hydrogens is 238 g/mol. The third-order valence-corrected chi connectivity index (χ3v) is 4.16. The molecule has 114 valence electrons. The summed E-state index contributed by atoms with van der Waals surface area (Å²) in [7, 11) is 0. The minimum absolute atomic E-state index is 0.525. The van der Waals surface area contributed by atoms with Crippen LogP contribution in [0, 0.1) is 0 Å². The Morgan fingerprint density at radius 3 is 1.63 bits per heavy atom. The zero-order valence-electron chi connectivity index (χ0n) is 12.7. The van der Waals surface area contributed by atoms with E-state index < -0.39 is 12.2 Å². The van der Waals surface area contributed by atoms with E-state index in [0.717, 1.165) is 6.54 Å². The molecule has 2 N–H and O–H groups in total. The highest BCUT2D eigenvalue weighted by atomic mass is 16.3. The lowest BCUT2D eigenvalue weighted by molar-refractivity contribution is 0.0572. The van der Waals surface area contributed by atoms with E-state index in [4.69, 9.17) is 0 Å². The van der Waals surface area contributed by atoms with Gasteiger partial charge >= 0.3 is 0 Å². The van der Waals surface area contributed by atoms with Crippen molar-refractivity contribution in [3.05, 3.63) is 0 Å². The van der Waals surface area contributed by atoms with Gasteiger partial charge in [-0.25, -0.2) is 0 Å². The predicted octanol–water partition coefficient (Wildman–Crippen LogP) is 2.94. The number of unbranched alkanes of at least 4 members (excludes halogenated alkanes) is 9. The molecule has 0 aromatic heterocycles. The van der Waals surface area contributed by atoms with E-state index >= 15 is 0 Å². The maximum absolute atomic E-state index is 9.44. The maximum atomic E-state index is 9.44. The van der Waals surface area contributed by atoms with Gasteiger partial charge in [-0.2, -0.15) is 0 Å². The molecule has 1 aliphatic rings. The monoisotopic (exact) mass is 271 g/mol. The van der Waals surface area contributed by atoms with Gasteiger partial charge < -0.3 is 10.2 Å². The van der Waals surface area contributed by atoms with Crippen molar-refractivity contribution in [1.82, 2.24) is 4.90 Å². The van der Waals surface area contributed by atoms with Crippen molar-refractivity contribution in [3.63, 3.8) is 0 Å². The van der Waals surface area contributed by atoms with Crippen LogP contribution in [0.15, 0.2) is 0 Å². The topological polar surface area (TPSA) is 43.7 Å². The van der Waals surface area contributed by atoms with Crippen LogP contribution in [0.5, 0.6) is 0 Å². The second-order valence-corrected chi connectivity index (χ2v) is 6.08. The van der Waals surface area contributed by atoms with Crippen LogP contribution in [-0.4, -0.2) is 47.0 Å². The Morgan fingerprint density at radius 2 is 1.16 bits per heavy atom. The molecule has 0 bridgehead atoms. The second-order valence-electron chi connectivity index (χ2n) is 6.08. The summed E-state index contributed by atoms with van der Waals surface area (Å²) in [6, 6.07) is 0. The van der Waals surface area contributed by atoms with Crippen molar-refractivity contribution in [1.29, 1.82) is 0 Å². The van der Waals surface area contributed by atoms with E-state index in [1.165, 1.54) is 64.2 Å². The second kappa shape index (κ2) is 10.6. The predicted molar refractivity (Wildman–Crippen MR) is 80.3 cm³/mol. The van der Waals surface area contributed by atoms with Gasteiger partial charge in [0.1, 0.15) is 0 Å². The number of β-amino-alcohol motifs (C(OH)–C–C–N with tert-alkyl or cyclic N) is 2. The highest BCUT2D eigenvalue weighted by Gasteiger charge is 2.28.